The summed E-state index contributed by atoms with van der Waals surface area (Å²) < 4.78 is 23.6. The molecule has 1 fully saturated rings. The Hall–Kier alpha value is -2.84. The Bertz CT molecular complexity index is 1010. The van der Waals surface area contributed by atoms with Gasteiger partial charge in [-0.15, -0.1) is 0 Å². The fraction of sp³-hybridized carbons (Fsp3) is 0.440. The van der Waals surface area contributed by atoms with Gasteiger partial charge in [-0.25, -0.2) is 9.59 Å². The molecule has 2 aliphatic rings. The minimum atomic E-state index is -0.972. The molecule has 8 heteroatoms. The van der Waals surface area contributed by atoms with Crippen LogP contribution in [0.1, 0.15) is 51.6 Å². The number of hydrogen-bond donors (Lipinski definition) is 0. The first kappa shape index (κ1) is 23.3. The average molecular weight is 451 g/mol. The Morgan fingerprint density at radius 2 is 1.55 bits per heavy atom. The van der Waals surface area contributed by atoms with Gasteiger partial charge in [0.2, 0.25) is 0 Å². The second-order valence-electron chi connectivity index (χ2n) is 9.32. The number of carbonyl (C=O) groups excluding carboxylic acids is 2. The molecule has 0 N–H and O–H groups in total. The van der Waals surface area contributed by atoms with Crippen LogP contribution in [0.2, 0.25) is 0 Å². The highest BCUT2D eigenvalue weighted by molar-refractivity contribution is 6.49. The van der Waals surface area contributed by atoms with E-state index in [1.54, 1.807) is 13.0 Å². The summed E-state index contributed by atoms with van der Waals surface area (Å²) in [6.07, 6.45) is -0.622. The van der Waals surface area contributed by atoms with E-state index in [-0.39, 0.29) is 13.2 Å². The molecule has 0 aliphatic carbocycles. The first-order chi connectivity index (χ1) is 15.7. The molecular formula is C25H30BNO6. The zero-order chi connectivity index (χ0) is 23.8. The van der Waals surface area contributed by atoms with Gasteiger partial charge in [-0.1, -0.05) is 48.5 Å². The number of nitrogens with zero attached hydrogens (tertiary/aromatic N) is 1. The van der Waals surface area contributed by atoms with Crippen molar-refractivity contribution in [2.24, 2.45) is 0 Å². The Kier molecular flexibility index (Phi) is 6.25. The van der Waals surface area contributed by atoms with E-state index in [0.29, 0.717) is 5.69 Å². The number of hydrogen-bond acceptors (Lipinski definition) is 6. The molecule has 7 nitrogen and oxygen atoms in total. The topological polar surface area (TPSA) is 74.3 Å². The molecular weight excluding hydrogens is 421 g/mol. The van der Waals surface area contributed by atoms with Gasteiger partial charge in [0.25, 0.3) is 0 Å². The highest BCUT2D eigenvalue weighted by Crippen LogP contribution is 2.48. The maximum Gasteiger partial charge on any atom is 0.468 e. The van der Waals surface area contributed by atoms with E-state index in [9.17, 15) is 9.59 Å². The largest absolute Gasteiger partial charge is 0.468 e. The summed E-state index contributed by atoms with van der Waals surface area (Å²) in [7, 11) is -0.738. The molecule has 2 heterocycles. The van der Waals surface area contributed by atoms with Crippen molar-refractivity contribution in [1.82, 2.24) is 0 Å². The van der Waals surface area contributed by atoms with Crippen molar-refractivity contribution >= 4 is 24.9 Å². The highest BCUT2D eigenvalue weighted by Gasteiger charge is 2.61. The number of fused-ring (bicyclic) bond motifs is 1. The second kappa shape index (κ2) is 8.84. The highest BCUT2D eigenvalue weighted by atomic mass is 16.7. The Balaban J connectivity index is 1.70. The normalized spacial score (nSPS) is 22.7. The van der Waals surface area contributed by atoms with E-state index in [1.165, 1.54) is 4.90 Å². The summed E-state index contributed by atoms with van der Waals surface area (Å²) in [6.45, 7) is 9.85. The molecule has 33 heavy (non-hydrogen) atoms. The van der Waals surface area contributed by atoms with Gasteiger partial charge in [-0.2, -0.15) is 0 Å². The van der Waals surface area contributed by atoms with Crippen molar-refractivity contribution in [2.75, 3.05) is 11.5 Å². The molecule has 1 amide bonds. The zero-order valence-corrected chi connectivity index (χ0v) is 19.7. The third-order valence-corrected chi connectivity index (χ3v) is 6.67. The van der Waals surface area contributed by atoms with Crippen molar-refractivity contribution < 1.29 is 28.4 Å². The summed E-state index contributed by atoms with van der Waals surface area (Å²) in [5.41, 5.74) is 1.05. The minimum Gasteiger partial charge on any atom is -0.464 e. The first-order valence-electron chi connectivity index (χ1n) is 11.3. The molecule has 0 bridgehead atoms. The molecule has 0 radical (unpaired) electrons. The van der Waals surface area contributed by atoms with Crippen LogP contribution in [-0.4, -0.2) is 43.0 Å². The van der Waals surface area contributed by atoms with Crippen LogP contribution in [0.15, 0.2) is 54.6 Å². The summed E-state index contributed by atoms with van der Waals surface area (Å²) in [4.78, 5) is 27.9. The molecule has 0 unspecified atom stereocenters. The maximum absolute atomic E-state index is 13.3. The number of esters is 1. The lowest BCUT2D eigenvalue weighted by Gasteiger charge is -2.32. The van der Waals surface area contributed by atoms with Gasteiger partial charge < -0.3 is 18.8 Å². The van der Waals surface area contributed by atoms with Crippen molar-refractivity contribution in [3.8, 4) is 0 Å². The molecule has 2 aromatic rings. The summed E-state index contributed by atoms with van der Waals surface area (Å²) in [5, 5.41) is 0. The Morgan fingerprint density at radius 3 is 2.18 bits per heavy atom. The van der Waals surface area contributed by atoms with Crippen LogP contribution < -0.4 is 4.90 Å². The Labute approximate surface area is 195 Å². The number of carbonyl (C=O) groups is 2. The Morgan fingerprint density at radius 1 is 0.939 bits per heavy atom. The standard InChI is InChI=1S/C25H30BNO6/c1-6-30-22(28)21-20(26-32-24(2,3)25(4,5)33-26)18-14-10-11-15-19(18)27(21)23(29)31-16-17-12-8-7-9-13-17/h7-15,20-21H,6,16H2,1-5H3/t20-,21+/m0/s1. The third kappa shape index (κ3) is 4.25. The van der Waals surface area contributed by atoms with E-state index in [4.69, 9.17) is 18.8 Å². The van der Waals surface area contributed by atoms with Crippen LogP contribution in [0.3, 0.4) is 0 Å². The summed E-state index contributed by atoms with van der Waals surface area (Å²) >= 11 is 0. The first-order valence-corrected chi connectivity index (χ1v) is 11.3. The summed E-state index contributed by atoms with van der Waals surface area (Å²) in [5.74, 6) is -1.09. The van der Waals surface area contributed by atoms with E-state index in [1.807, 2.05) is 76.2 Å². The number of anilines is 1. The lowest BCUT2D eigenvalue weighted by atomic mass is 9.65. The van der Waals surface area contributed by atoms with Gasteiger partial charge >= 0.3 is 19.2 Å². The predicted octanol–water partition coefficient (Wildman–Crippen LogP) is 4.49. The molecule has 0 spiro atoms. The lowest BCUT2D eigenvalue weighted by molar-refractivity contribution is -0.144. The molecule has 174 valence electrons. The number of benzene rings is 2. The van der Waals surface area contributed by atoms with Crippen LogP contribution in [0.5, 0.6) is 0 Å². The lowest BCUT2D eigenvalue weighted by Crippen LogP contribution is -2.49. The van der Waals surface area contributed by atoms with Crippen LogP contribution >= 0.6 is 0 Å². The molecule has 2 aliphatic heterocycles. The quantitative estimate of drug-likeness (QED) is 0.493. The smallest absolute Gasteiger partial charge is 0.464 e. The third-order valence-electron chi connectivity index (χ3n) is 6.67. The number of ether oxygens (including phenoxy) is 2. The van der Waals surface area contributed by atoms with Crippen LogP contribution in [0.4, 0.5) is 10.5 Å². The SMILES string of the molecule is CCOC(=O)[C@H]1[C@@H](B2OC(C)(C)C(C)(C)O2)c2ccccc2N1C(=O)OCc1ccccc1. The van der Waals surface area contributed by atoms with Gasteiger partial charge in [0.1, 0.15) is 12.6 Å². The monoisotopic (exact) mass is 451 g/mol. The molecule has 0 aromatic heterocycles. The van der Waals surface area contributed by atoms with Gasteiger partial charge in [0.15, 0.2) is 0 Å². The van der Waals surface area contributed by atoms with Crippen LogP contribution in [0, 0.1) is 0 Å². The molecule has 4 rings (SSSR count). The van der Waals surface area contributed by atoms with Gasteiger partial charge in [-0.05, 0) is 51.8 Å². The fourth-order valence-electron chi connectivity index (χ4n) is 4.28. The average Bonchev–Trinajstić information content (AvgIpc) is 3.23. The zero-order valence-electron chi connectivity index (χ0n) is 19.7. The van der Waals surface area contributed by atoms with E-state index >= 15 is 0 Å². The maximum atomic E-state index is 13.3. The van der Waals surface area contributed by atoms with E-state index in [2.05, 4.69) is 0 Å². The van der Waals surface area contributed by atoms with Gasteiger partial charge in [-0.3, -0.25) is 4.90 Å². The second-order valence-corrected chi connectivity index (χ2v) is 9.32. The van der Waals surface area contributed by atoms with E-state index in [0.717, 1.165) is 11.1 Å². The van der Waals surface area contributed by atoms with Crippen LogP contribution in [0.25, 0.3) is 0 Å². The van der Waals surface area contributed by atoms with E-state index < -0.39 is 42.2 Å². The molecule has 0 saturated carbocycles. The molecule has 1 saturated heterocycles. The fourth-order valence-corrected chi connectivity index (χ4v) is 4.28. The van der Waals surface area contributed by atoms with Crippen molar-refractivity contribution in [3.05, 3.63) is 65.7 Å². The minimum absolute atomic E-state index is 0.0923. The predicted molar refractivity (Wildman–Crippen MR) is 125 cm³/mol. The van der Waals surface area contributed by atoms with Crippen molar-refractivity contribution in [2.45, 2.75) is 64.3 Å². The number of rotatable bonds is 5. The van der Waals surface area contributed by atoms with Gasteiger partial charge in [0, 0.05) is 0 Å². The molecule has 2 atom stereocenters. The molecule has 2 aromatic carbocycles. The van der Waals surface area contributed by atoms with Crippen LogP contribution in [-0.2, 0) is 30.2 Å². The number of amides is 1. The van der Waals surface area contributed by atoms with Crippen molar-refractivity contribution in [1.29, 1.82) is 0 Å². The van der Waals surface area contributed by atoms with Gasteiger partial charge in [0.05, 0.1) is 29.3 Å². The summed E-state index contributed by atoms with van der Waals surface area (Å²) in [6, 6.07) is 15.8. The van der Waals surface area contributed by atoms with Crippen molar-refractivity contribution in [3.63, 3.8) is 0 Å². The number of para-hydroxylation sites is 1.